The molecule has 1 heterocycles. The molecule has 0 aromatic heterocycles. The molecule has 0 amide bonds. The van der Waals surface area contributed by atoms with E-state index >= 15 is 0 Å². The molecule has 0 radical (unpaired) electrons. The SMILES string of the molecule is CC1(C)CCCNC1CNS(=O)(=O)c1cccc(Br)c1. The van der Waals surface area contributed by atoms with E-state index in [1.165, 1.54) is 0 Å². The van der Waals surface area contributed by atoms with Gasteiger partial charge in [-0.15, -0.1) is 0 Å². The first-order chi connectivity index (χ1) is 9.31. The van der Waals surface area contributed by atoms with Crippen molar-refractivity contribution < 1.29 is 8.42 Å². The summed E-state index contributed by atoms with van der Waals surface area (Å²) in [5.74, 6) is 0. The molecule has 0 bridgehead atoms. The van der Waals surface area contributed by atoms with Gasteiger partial charge in [0.15, 0.2) is 0 Å². The molecule has 6 heteroatoms. The van der Waals surface area contributed by atoms with E-state index in [2.05, 4.69) is 39.8 Å². The van der Waals surface area contributed by atoms with Gasteiger partial charge in [0.1, 0.15) is 0 Å². The smallest absolute Gasteiger partial charge is 0.240 e. The molecule has 1 fully saturated rings. The van der Waals surface area contributed by atoms with Crippen LogP contribution in [0.15, 0.2) is 33.6 Å². The maximum absolute atomic E-state index is 12.3. The minimum Gasteiger partial charge on any atom is -0.312 e. The lowest BCUT2D eigenvalue weighted by Crippen LogP contribution is -2.52. The number of rotatable bonds is 4. The number of benzene rings is 1. The number of nitrogens with one attached hydrogen (secondary N) is 2. The van der Waals surface area contributed by atoms with E-state index in [9.17, 15) is 8.42 Å². The van der Waals surface area contributed by atoms with Gasteiger partial charge in [-0.25, -0.2) is 13.1 Å². The molecule has 1 unspecified atom stereocenters. The van der Waals surface area contributed by atoms with Crippen LogP contribution < -0.4 is 10.0 Å². The fourth-order valence-electron chi connectivity index (χ4n) is 2.53. The summed E-state index contributed by atoms with van der Waals surface area (Å²) in [6, 6.07) is 6.92. The largest absolute Gasteiger partial charge is 0.312 e. The van der Waals surface area contributed by atoms with E-state index in [-0.39, 0.29) is 11.5 Å². The van der Waals surface area contributed by atoms with Crippen molar-refractivity contribution in [3.8, 4) is 0 Å². The standard InChI is InChI=1S/C14H21BrN2O2S/c1-14(2)7-4-8-16-13(14)10-17-20(18,19)12-6-3-5-11(15)9-12/h3,5-6,9,13,16-17H,4,7-8,10H2,1-2H3. The lowest BCUT2D eigenvalue weighted by molar-refractivity contribution is 0.181. The molecule has 1 aliphatic heterocycles. The second-order valence-corrected chi connectivity index (χ2v) is 8.59. The van der Waals surface area contributed by atoms with Gasteiger partial charge in [-0.3, -0.25) is 0 Å². The van der Waals surface area contributed by atoms with Crippen LogP contribution in [0.2, 0.25) is 0 Å². The van der Waals surface area contributed by atoms with Crippen molar-refractivity contribution in [2.75, 3.05) is 13.1 Å². The Balaban J connectivity index is 2.06. The molecule has 2 rings (SSSR count). The van der Waals surface area contributed by atoms with Gasteiger partial charge in [0.2, 0.25) is 10.0 Å². The first-order valence-corrected chi connectivity index (χ1v) is 9.07. The zero-order valence-corrected chi connectivity index (χ0v) is 14.2. The molecule has 1 aliphatic rings. The van der Waals surface area contributed by atoms with Crippen molar-refractivity contribution >= 4 is 26.0 Å². The van der Waals surface area contributed by atoms with Gasteiger partial charge >= 0.3 is 0 Å². The van der Waals surface area contributed by atoms with Crippen LogP contribution in [0.4, 0.5) is 0 Å². The molecule has 112 valence electrons. The quantitative estimate of drug-likeness (QED) is 0.867. The number of sulfonamides is 1. The molecular formula is C14H21BrN2O2S. The molecule has 1 atom stereocenters. The summed E-state index contributed by atoms with van der Waals surface area (Å²) < 4.78 is 28.0. The topological polar surface area (TPSA) is 58.2 Å². The lowest BCUT2D eigenvalue weighted by Gasteiger charge is -2.39. The van der Waals surface area contributed by atoms with Crippen molar-refractivity contribution in [2.45, 2.75) is 37.6 Å². The Morgan fingerprint density at radius 3 is 2.85 bits per heavy atom. The Morgan fingerprint density at radius 1 is 1.45 bits per heavy atom. The van der Waals surface area contributed by atoms with Crippen LogP contribution in [0.5, 0.6) is 0 Å². The van der Waals surface area contributed by atoms with Gasteiger partial charge < -0.3 is 5.32 Å². The van der Waals surface area contributed by atoms with Crippen LogP contribution in [0, 0.1) is 5.41 Å². The van der Waals surface area contributed by atoms with Gasteiger partial charge in [-0.05, 0) is 43.0 Å². The van der Waals surface area contributed by atoms with Crippen molar-refractivity contribution in [1.29, 1.82) is 0 Å². The highest BCUT2D eigenvalue weighted by Gasteiger charge is 2.32. The minimum absolute atomic E-state index is 0.109. The third-order valence-electron chi connectivity index (χ3n) is 3.92. The predicted molar refractivity (Wildman–Crippen MR) is 84.1 cm³/mol. The van der Waals surface area contributed by atoms with Crippen molar-refractivity contribution in [2.24, 2.45) is 5.41 Å². The van der Waals surface area contributed by atoms with Crippen LogP contribution in [0.25, 0.3) is 0 Å². The molecule has 2 N–H and O–H groups in total. The van der Waals surface area contributed by atoms with Crippen molar-refractivity contribution in [3.05, 3.63) is 28.7 Å². The molecule has 0 saturated carbocycles. The Labute approximate surface area is 129 Å². The molecular weight excluding hydrogens is 340 g/mol. The Morgan fingerprint density at radius 2 is 2.20 bits per heavy atom. The fraction of sp³-hybridized carbons (Fsp3) is 0.571. The Kier molecular flexibility index (Phi) is 4.89. The highest BCUT2D eigenvalue weighted by atomic mass is 79.9. The highest BCUT2D eigenvalue weighted by molar-refractivity contribution is 9.10. The van der Waals surface area contributed by atoms with E-state index in [0.29, 0.717) is 11.4 Å². The number of piperidine rings is 1. The van der Waals surface area contributed by atoms with Crippen molar-refractivity contribution in [3.63, 3.8) is 0 Å². The number of halogens is 1. The summed E-state index contributed by atoms with van der Waals surface area (Å²) in [5, 5.41) is 3.41. The van der Waals surface area contributed by atoms with E-state index in [1.807, 2.05) is 6.07 Å². The summed E-state index contributed by atoms with van der Waals surface area (Å²) in [5.41, 5.74) is 0.109. The van der Waals surface area contributed by atoms with Gasteiger partial charge in [-0.2, -0.15) is 0 Å². The second kappa shape index (κ2) is 6.13. The van der Waals surface area contributed by atoms with Crippen LogP contribution >= 0.6 is 15.9 Å². The predicted octanol–water partition coefficient (Wildman–Crippen LogP) is 2.51. The first kappa shape index (κ1) is 15.9. The summed E-state index contributed by atoms with van der Waals surface area (Å²) in [7, 11) is -3.45. The zero-order valence-electron chi connectivity index (χ0n) is 11.8. The first-order valence-electron chi connectivity index (χ1n) is 6.80. The highest BCUT2D eigenvalue weighted by Crippen LogP contribution is 2.29. The maximum atomic E-state index is 12.3. The Hall–Kier alpha value is -0.430. The third kappa shape index (κ3) is 3.81. The van der Waals surface area contributed by atoms with E-state index < -0.39 is 10.0 Å². The molecule has 1 aromatic rings. The summed E-state index contributed by atoms with van der Waals surface area (Å²) in [6.07, 6.45) is 2.26. The average Bonchev–Trinajstić information content (AvgIpc) is 2.37. The van der Waals surface area contributed by atoms with Crippen LogP contribution in [-0.2, 0) is 10.0 Å². The number of hydrogen-bond donors (Lipinski definition) is 2. The van der Waals surface area contributed by atoms with E-state index in [4.69, 9.17) is 0 Å². The van der Waals surface area contributed by atoms with Crippen molar-refractivity contribution in [1.82, 2.24) is 10.0 Å². The van der Waals surface area contributed by atoms with E-state index in [1.54, 1.807) is 18.2 Å². The average molecular weight is 361 g/mol. The molecule has 1 aromatic carbocycles. The maximum Gasteiger partial charge on any atom is 0.240 e. The zero-order chi connectivity index (χ0) is 14.8. The molecule has 20 heavy (non-hydrogen) atoms. The second-order valence-electron chi connectivity index (χ2n) is 5.91. The van der Waals surface area contributed by atoms with Gasteiger partial charge in [0.05, 0.1) is 4.90 Å². The van der Waals surface area contributed by atoms with Gasteiger partial charge in [0.25, 0.3) is 0 Å². The fourth-order valence-corrected chi connectivity index (χ4v) is 4.17. The monoisotopic (exact) mass is 360 g/mol. The molecule has 0 aliphatic carbocycles. The molecule has 0 spiro atoms. The van der Waals surface area contributed by atoms with Crippen LogP contribution in [0.1, 0.15) is 26.7 Å². The summed E-state index contributed by atoms with van der Waals surface area (Å²) in [4.78, 5) is 0.292. The Bertz CT molecular complexity index is 572. The number of hydrogen-bond acceptors (Lipinski definition) is 3. The molecule has 4 nitrogen and oxygen atoms in total. The summed E-state index contributed by atoms with van der Waals surface area (Å²) in [6.45, 7) is 5.73. The van der Waals surface area contributed by atoms with Crippen LogP contribution in [-0.4, -0.2) is 27.5 Å². The van der Waals surface area contributed by atoms with Gasteiger partial charge in [0, 0.05) is 17.1 Å². The normalized spacial score (nSPS) is 22.6. The minimum atomic E-state index is -3.45. The molecule has 1 saturated heterocycles. The third-order valence-corrected chi connectivity index (χ3v) is 5.83. The van der Waals surface area contributed by atoms with E-state index in [0.717, 1.165) is 23.9 Å². The lowest BCUT2D eigenvalue weighted by atomic mass is 9.78. The van der Waals surface area contributed by atoms with Gasteiger partial charge in [-0.1, -0.05) is 35.8 Å². The van der Waals surface area contributed by atoms with Crippen LogP contribution in [0.3, 0.4) is 0 Å². The summed E-state index contributed by atoms with van der Waals surface area (Å²) >= 11 is 3.30.